The maximum absolute atomic E-state index is 13.3. The maximum Gasteiger partial charge on any atom is 0.264 e. The Balaban J connectivity index is 1.80. The second kappa shape index (κ2) is 9.98. The summed E-state index contributed by atoms with van der Waals surface area (Å²) in [5, 5.41) is 3.34. The fourth-order valence-corrected chi connectivity index (χ4v) is 4.66. The number of halogens is 1. The Kier molecular flexibility index (Phi) is 7.36. The number of carbonyl (C=O) groups excluding carboxylic acids is 1. The Morgan fingerprint density at radius 1 is 0.968 bits per heavy atom. The maximum atomic E-state index is 13.3. The number of benzene rings is 3. The van der Waals surface area contributed by atoms with E-state index in [4.69, 9.17) is 11.6 Å². The van der Waals surface area contributed by atoms with Crippen LogP contribution in [0.15, 0.2) is 83.8 Å². The molecule has 0 fully saturated rings. The van der Waals surface area contributed by atoms with Gasteiger partial charge in [-0.15, -0.1) is 0 Å². The first kappa shape index (κ1) is 22.8. The van der Waals surface area contributed by atoms with Gasteiger partial charge in [-0.25, -0.2) is 8.42 Å². The van der Waals surface area contributed by atoms with E-state index in [-0.39, 0.29) is 23.3 Å². The minimum atomic E-state index is -3.94. The average molecular weight is 457 g/mol. The van der Waals surface area contributed by atoms with Gasteiger partial charge >= 0.3 is 0 Å². The van der Waals surface area contributed by atoms with Gasteiger partial charge in [-0.05, 0) is 54.8 Å². The molecule has 5 nitrogen and oxygen atoms in total. The molecule has 0 saturated heterocycles. The van der Waals surface area contributed by atoms with E-state index in [2.05, 4.69) is 5.32 Å². The molecule has 0 aromatic heterocycles. The molecule has 162 valence electrons. The molecular weight excluding hydrogens is 432 g/mol. The largest absolute Gasteiger partial charge is 0.354 e. The molecule has 1 amide bonds. The van der Waals surface area contributed by atoms with E-state index in [9.17, 15) is 13.2 Å². The van der Waals surface area contributed by atoms with Gasteiger partial charge in [-0.3, -0.25) is 9.10 Å². The summed E-state index contributed by atoms with van der Waals surface area (Å²) in [4.78, 5) is 12.8. The highest BCUT2D eigenvalue weighted by Crippen LogP contribution is 2.25. The van der Waals surface area contributed by atoms with Crippen LogP contribution >= 0.6 is 11.6 Å². The molecule has 3 rings (SSSR count). The highest BCUT2D eigenvalue weighted by atomic mass is 35.5. The standard InChI is InChI=1S/C24H25ClN2O3S/c1-18-8-14-23(15-9-18)31(29,30)27(22-12-10-21(25)11-13-22)17-24(28)26-16-19(2)20-6-4-3-5-7-20/h3-15,19H,16-17H2,1-2H3,(H,26,28)/t19-/m0/s1. The average Bonchev–Trinajstić information content (AvgIpc) is 2.77. The number of aryl methyl sites for hydroxylation is 1. The molecule has 31 heavy (non-hydrogen) atoms. The monoisotopic (exact) mass is 456 g/mol. The molecule has 0 aliphatic heterocycles. The molecule has 1 N–H and O–H groups in total. The fraction of sp³-hybridized carbons (Fsp3) is 0.208. The number of anilines is 1. The Hall–Kier alpha value is -2.83. The van der Waals surface area contributed by atoms with Gasteiger partial charge < -0.3 is 5.32 Å². The van der Waals surface area contributed by atoms with Gasteiger partial charge in [0.15, 0.2) is 0 Å². The van der Waals surface area contributed by atoms with E-state index in [0.29, 0.717) is 17.3 Å². The highest BCUT2D eigenvalue weighted by Gasteiger charge is 2.27. The second-order valence-corrected chi connectivity index (χ2v) is 9.72. The molecule has 3 aromatic rings. The molecule has 0 unspecified atom stereocenters. The molecule has 0 radical (unpaired) electrons. The number of rotatable bonds is 8. The van der Waals surface area contributed by atoms with E-state index in [0.717, 1.165) is 15.4 Å². The second-order valence-electron chi connectivity index (χ2n) is 7.42. The number of nitrogens with one attached hydrogen (secondary N) is 1. The van der Waals surface area contributed by atoms with Crippen molar-refractivity contribution in [2.75, 3.05) is 17.4 Å². The first-order valence-corrected chi connectivity index (χ1v) is 11.8. The Labute approximate surface area is 188 Å². The lowest BCUT2D eigenvalue weighted by atomic mass is 10.0. The lowest BCUT2D eigenvalue weighted by molar-refractivity contribution is -0.119. The van der Waals surface area contributed by atoms with Crippen molar-refractivity contribution in [2.45, 2.75) is 24.7 Å². The number of sulfonamides is 1. The third-order valence-corrected chi connectivity index (χ3v) is 7.02. The van der Waals surface area contributed by atoms with Crippen molar-refractivity contribution in [3.8, 4) is 0 Å². The number of carbonyl (C=O) groups is 1. The zero-order valence-corrected chi connectivity index (χ0v) is 19.0. The van der Waals surface area contributed by atoms with Gasteiger partial charge in [-0.1, -0.05) is 66.6 Å². The molecule has 0 aliphatic rings. The molecule has 3 aromatic carbocycles. The zero-order valence-electron chi connectivity index (χ0n) is 17.5. The summed E-state index contributed by atoms with van der Waals surface area (Å²) < 4.78 is 27.8. The Morgan fingerprint density at radius 3 is 2.19 bits per heavy atom. The quantitative estimate of drug-likeness (QED) is 0.531. The number of nitrogens with zero attached hydrogens (tertiary/aromatic N) is 1. The predicted molar refractivity (Wildman–Crippen MR) is 125 cm³/mol. The van der Waals surface area contributed by atoms with Crippen LogP contribution in [0.5, 0.6) is 0 Å². The first-order chi connectivity index (χ1) is 14.8. The van der Waals surface area contributed by atoms with Crippen LogP contribution in [0, 0.1) is 6.92 Å². The van der Waals surface area contributed by atoms with Crippen LogP contribution in [0.3, 0.4) is 0 Å². The molecule has 0 saturated carbocycles. The SMILES string of the molecule is Cc1ccc(S(=O)(=O)N(CC(=O)NC[C@H](C)c2ccccc2)c2ccc(Cl)cc2)cc1. The van der Waals surface area contributed by atoms with E-state index >= 15 is 0 Å². The molecule has 0 heterocycles. The summed E-state index contributed by atoms with van der Waals surface area (Å²) in [6.07, 6.45) is 0. The minimum Gasteiger partial charge on any atom is -0.354 e. The Morgan fingerprint density at radius 2 is 1.58 bits per heavy atom. The third kappa shape index (κ3) is 5.87. The van der Waals surface area contributed by atoms with Crippen molar-refractivity contribution in [3.63, 3.8) is 0 Å². The van der Waals surface area contributed by atoms with Gasteiger partial charge in [0, 0.05) is 11.6 Å². The van der Waals surface area contributed by atoms with Crippen molar-refractivity contribution in [1.29, 1.82) is 0 Å². The molecule has 0 spiro atoms. The van der Waals surface area contributed by atoms with E-state index in [1.54, 1.807) is 48.5 Å². The molecule has 0 aliphatic carbocycles. The van der Waals surface area contributed by atoms with Crippen molar-refractivity contribution in [1.82, 2.24) is 5.32 Å². The predicted octanol–water partition coefficient (Wildman–Crippen LogP) is 4.76. The van der Waals surface area contributed by atoms with E-state index < -0.39 is 10.0 Å². The van der Waals surface area contributed by atoms with E-state index in [1.807, 2.05) is 44.2 Å². The number of amides is 1. The van der Waals surface area contributed by atoms with Gasteiger partial charge in [0.1, 0.15) is 6.54 Å². The molecule has 7 heteroatoms. The highest BCUT2D eigenvalue weighted by molar-refractivity contribution is 7.92. The van der Waals surface area contributed by atoms with Gasteiger partial charge in [0.05, 0.1) is 10.6 Å². The normalized spacial score (nSPS) is 12.2. The van der Waals surface area contributed by atoms with Crippen LogP contribution in [-0.4, -0.2) is 27.4 Å². The minimum absolute atomic E-state index is 0.0998. The van der Waals surface area contributed by atoms with Crippen LogP contribution in [0.4, 0.5) is 5.69 Å². The Bertz CT molecular complexity index is 1120. The van der Waals surface area contributed by atoms with Crippen molar-refractivity contribution >= 4 is 33.2 Å². The third-order valence-electron chi connectivity index (χ3n) is 4.98. The van der Waals surface area contributed by atoms with Crippen molar-refractivity contribution in [3.05, 3.63) is 95.0 Å². The summed E-state index contributed by atoms with van der Waals surface area (Å²) in [6, 6.07) is 22.8. The van der Waals surface area contributed by atoms with Crippen LogP contribution in [-0.2, 0) is 14.8 Å². The van der Waals surface area contributed by atoms with Crippen LogP contribution < -0.4 is 9.62 Å². The van der Waals surface area contributed by atoms with Crippen LogP contribution in [0.1, 0.15) is 24.0 Å². The molecule has 1 atom stereocenters. The van der Waals surface area contributed by atoms with Crippen molar-refractivity contribution in [2.24, 2.45) is 0 Å². The number of hydrogen-bond acceptors (Lipinski definition) is 3. The van der Waals surface area contributed by atoms with Crippen molar-refractivity contribution < 1.29 is 13.2 Å². The van der Waals surface area contributed by atoms with Gasteiger partial charge in [-0.2, -0.15) is 0 Å². The summed E-state index contributed by atoms with van der Waals surface area (Å²) in [7, 11) is -3.94. The zero-order chi connectivity index (χ0) is 22.4. The van der Waals surface area contributed by atoms with Gasteiger partial charge in [0.2, 0.25) is 5.91 Å². The topological polar surface area (TPSA) is 66.5 Å². The van der Waals surface area contributed by atoms with Crippen LogP contribution in [0.25, 0.3) is 0 Å². The van der Waals surface area contributed by atoms with Crippen LogP contribution in [0.2, 0.25) is 5.02 Å². The summed E-state index contributed by atoms with van der Waals surface area (Å²) in [6.45, 7) is 3.96. The molecular formula is C24H25ClN2O3S. The molecule has 0 bridgehead atoms. The summed E-state index contributed by atoms with van der Waals surface area (Å²) in [5.74, 6) is -0.281. The number of hydrogen-bond donors (Lipinski definition) is 1. The smallest absolute Gasteiger partial charge is 0.264 e. The fourth-order valence-electron chi connectivity index (χ4n) is 3.11. The first-order valence-electron chi connectivity index (χ1n) is 9.94. The summed E-state index contributed by atoms with van der Waals surface area (Å²) >= 11 is 5.97. The lowest BCUT2D eigenvalue weighted by Gasteiger charge is -2.24. The van der Waals surface area contributed by atoms with E-state index in [1.165, 1.54) is 0 Å². The summed E-state index contributed by atoms with van der Waals surface area (Å²) in [5.41, 5.74) is 2.42. The van der Waals surface area contributed by atoms with Gasteiger partial charge in [0.25, 0.3) is 10.0 Å². The lowest BCUT2D eigenvalue weighted by Crippen LogP contribution is -2.41.